The Morgan fingerprint density at radius 3 is 2.54 bits per heavy atom. The van der Waals surface area contributed by atoms with E-state index in [9.17, 15) is 18.8 Å². The molecule has 1 atom stereocenters. The number of urea groups is 1. The molecule has 0 aliphatic carbocycles. The van der Waals surface area contributed by atoms with Crippen molar-refractivity contribution in [3.05, 3.63) is 76.9 Å². The molecule has 2 aliphatic rings. The lowest BCUT2D eigenvalue weighted by molar-refractivity contribution is -0.130. The largest absolute Gasteiger partial charge is 0.486 e. The van der Waals surface area contributed by atoms with E-state index in [4.69, 9.17) is 9.47 Å². The van der Waals surface area contributed by atoms with Crippen LogP contribution in [0.2, 0.25) is 0 Å². The van der Waals surface area contributed by atoms with Gasteiger partial charge in [0.15, 0.2) is 17.3 Å². The number of hydrogen-bond donors (Lipinski definition) is 1. The van der Waals surface area contributed by atoms with E-state index in [0.717, 1.165) is 10.6 Å². The van der Waals surface area contributed by atoms with Crippen LogP contribution < -0.4 is 14.8 Å². The van der Waals surface area contributed by atoms with Crippen LogP contribution in [0.4, 0.5) is 9.18 Å². The molecule has 0 bridgehead atoms. The third-order valence-electron chi connectivity index (χ3n) is 6.49. The van der Waals surface area contributed by atoms with Crippen LogP contribution >= 0.6 is 0 Å². The van der Waals surface area contributed by atoms with Gasteiger partial charge in [-0.3, -0.25) is 14.5 Å². The maximum atomic E-state index is 13.8. The van der Waals surface area contributed by atoms with Gasteiger partial charge in [0.05, 0.1) is 6.54 Å². The predicted octanol–water partition coefficient (Wildman–Crippen LogP) is 3.65. The van der Waals surface area contributed by atoms with Crippen LogP contribution in [0.15, 0.2) is 48.5 Å². The van der Waals surface area contributed by atoms with Gasteiger partial charge >= 0.3 is 6.03 Å². The molecule has 2 aromatic carbocycles. The predicted molar refractivity (Wildman–Crippen MR) is 125 cm³/mol. The minimum atomic E-state index is -1.36. The Morgan fingerprint density at radius 2 is 1.80 bits per heavy atom. The molecule has 8 nitrogen and oxygen atoms in total. The smallest absolute Gasteiger partial charge is 0.325 e. The van der Waals surface area contributed by atoms with E-state index in [-0.39, 0.29) is 5.82 Å². The molecular formula is C26H24FN3O5. The Bertz CT molecular complexity index is 1380. The number of aryl methyl sites for hydroxylation is 1. The third-order valence-corrected chi connectivity index (χ3v) is 6.49. The summed E-state index contributed by atoms with van der Waals surface area (Å²) in [5.74, 6) is -0.250. The molecular weight excluding hydrogens is 453 g/mol. The van der Waals surface area contributed by atoms with Crippen molar-refractivity contribution in [2.75, 3.05) is 19.8 Å². The summed E-state index contributed by atoms with van der Waals surface area (Å²) >= 11 is 0. The van der Waals surface area contributed by atoms with Gasteiger partial charge in [0.2, 0.25) is 0 Å². The molecule has 0 unspecified atom stereocenters. The second kappa shape index (κ2) is 8.26. The average molecular weight is 477 g/mol. The van der Waals surface area contributed by atoms with Gasteiger partial charge in [-0.1, -0.05) is 12.1 Å². The van der Waals surface area contributed by atoms with E-state index in [2.05, 4.69) is 5.32 Å². The molecule has 0 saturated carbocycles. The topological polar surface area (TPSA) is 89.9 Å². The quantitative estimate of drug-likeness (QED) is 0.448. The van der Waals surface area contributed by atoms with Gasteiger partial charge in [0.1, 0.15) is 24.6 Å². The van der Waals surface area contributed by atoms with Crippen LogP contribution in [0.1, 0.15) is 34.2 Å². The molecule has 9 heteroatoms. The fourth-order valence-electron chi connectivity index (χ4n) is 4.68. The molecule has 180 valence electrons. The van der Waals surface area contributed by atoms with Crippen LogP contribution in [0.5, 0.6) is 11.5 Å². The van der Waals surface area contributed by atoms with E-state index < -0.39 is 29.8 Å². The first kappa shape index (κ1) is 22.6. The zero-order valence-corrected chi connectivity index (χ0v) is 19.6. The molecule has 1 aromatic heterocycles. The first-order chi connectivity index (χ1) is 16.7. The zero-order chi connectivity index (χ0) is 24.9. The monoisotopic (exact) mass is 477 g/mol. The second-order valence-electron chi connectivity index (χ2n) is 8.83. The summed E-state index contributed by atoms with van der Waals surface area (Å²) in [4.78, 5) is 40.3. The number of carbonyl (C=O) groups is 3. The number of carbonyl (C=O) groups excluding carboxylic acids is 3. The maximum absolute atomic E-state index is 13.8. The van der Waals surface area contributed by atoms with Crippen LogP contribution in [-0.2, 0) is 10.3 Å². The number of halogens is 1. The molecule has 0 spiro atoms. The van der Waals surface area contributed by atoms with Crippen LogP contribution in [0.3, 0.4) is 0 Å². The van der Waals surface area contributed by atoms with Crippen molar-refractivity contribution >= 4 is 17.7 Å². The van der Waals surface area contributed by atoms with Crippen molar-refractivity contribution < 1.29 is 28.2 Å². The number of imide groups is 1. The molecule has 35 heavy (non-hydrogen) atoms. The van der Waals surface area contributed by atoms with E-state index >= 15 is 0 Å². The summed E-state index contributed by atoms with van der Waals surface area (Å²) in [7, 11) is 0. The lowest BCUT2D eigenvalue weighted by Crippen LogP contribution is -2.41. The van der Waals surface area contributed by atoms with E-state index in [1.54, 1.807) is 61.7 Å². The highest BCUT2D eigenvalue weighted by atomic mass is 19.1. The number of ether oxygens (including phenoxy) is 2. The van der Waals surface area contributed by atoms with Gasteiger partial charge < -0.3 is 19.4 Å². The number of rotatable bonds is 5. The summed E-state index contributed by atoms with van der Waals surface area (Å²) in [6.45, 7) is 5.56. The molecule has 0 radical (unpaired) electrons. The summed E-state index contributed by atoms with van der Waals surface area (Å²) < 4.78 is 26.7. The molecule has 3 aromatic rings. The van der Waals surface area contributed by atoms with Gasteiger partial charge in [-0.2, -0.15) is 0 Å². The Kier molecular flexibility index (Phi) is 5.35. The zero-order valence-electron chi connectivity index (χ0n) is 19.6. The standard InChI is InChI=1S/C26H24FN3O5/c1-15-11-20(16(2)30(15)19-6-4-5-18(27)13-19)21(31)14-29-24(32)26(3,28-25(29)33)17-7-8-22-23(12-17)35-10-9-34-22/h4-8,11-13H,9-10,14H2,1-3H3,(H,28,33)/t26-/m0/s1. The minimum absolute atomic E-state index is 0.361. The lowest BCUT2D eigenvalue weighted by atomic mass is 9.91. The Balaban J connectivity index is 1.40. The van der Waals surface area contributed by atoms with Gasteiger partial charge in [0, 0.05) is 22.6 Å². The van der Waals surface area contributed by atoms with E-state index in [1.165, 1.54) is 12.1 Å². The first-order valence-corrected chi connectivity index (χ1v) is 11.2. The number of Topliss-reactive ketones (excluding diaryl/α,β-unsaturated/α-hetero) is 1. The highest BCUT2D eigenvalue weighted by molar-refractivity contribution is 6.11. The number of nitrogens with one attached hydrogen (secondary N) is 1. The number of fused-ring (bicyclic) bond motifs is 1. The molecule has 5 rings (SSSR count). The van der Waals surface area contributed by atoms with Gasteiger partial charge in [-0.05, 0) is 62.7 Å². The Labute approximate surface area is 201 Å². The van der Waals surface area contributed by atoms with Crippen molar-refractivity contribution in [1.82, 2.24) is 14.8 Å². The summed E-state index contributed by atoms with van der Waals surface area (Å²) in [5.41, 5.74) is 1.44. The SMILES string of the molecule is Cc1cc(C(=O)CN2C(=O)N[C@@](C)(c3ccc4c(c3)OCCO4)C2=O)c(C)n1-c1cccc(F)c1. The van der Waals surface area contributed by atoms with Crippen LogP contribution in [-0.4, -0.2) is 46.9 Å². The maximum Gasteiger partial charge on any atom is 0.325 e. The number of amides is 3. The van der Waals surface area contributed by atoms with Crippen molar-refractivity contribution in [2.45, 2.75) is 26.3 Å². The highest BCUT2D eigenvalue weighted by Crippen LogP contribution is 2.37. The lowest BCUT2D eigenvalue weighted by Gasteiger charge is -2.25. The Morgan fingerprint density at radius 1 is 1.06 bits per heavy atom. The molecule has 1 saturated heterocycles. The van der Waals surface area contributed by atoms with Crippen molar-refractivity contribution in [3.8, 4) is 17.2 Å². The third kappa shape index (κ3) is 3.73. The number of benzene rings is 2. The van der Waals surface area contributed by atoms with E-state index in [0.29, 0.717) is 47.2 Å². The highest BCUT2D eigenvalue weighted by Gasteiger charge is 2.50. The van der Waals surface area contributed by atoms with Crippen LogP contribution in [0.25, 0.3) is 5.69 Å². The van der Waals surface area contributed by atoms with Gasteiger partial charge in [-0.15, -0.1) is 0 Å². The summed E-state index contributed by atoms with van der Waals surface area (Å²) in [6, 6.07) is 12.2. The Hall–Kier alpha value is -4.14. The normalized spacial score (nSPS) is 19.1. The number of hydrogen-bond acceptors (Lipinski definition) is 5. The van der Waals surface area contributed by atoms with Crippen LogP contribution in [0, 0.1) is 19.7 Å². The average Bonchev–Trinajstić information content (AvgIpc) is 3.26. The van der Waals surface area contributed by atoms with Crippen molar-refractivity contribution in [2.24, 2.45) is 0 Å². The first-order valence-electron chi connectivity index (χ1n) is 11.2. The van der Waals surface area contributed by atoms with Crippen molar-refractivity contribution in [1.29, 1.82) is 0 Å². The summed E-state index contributed by atoms with van der Waals surface area (Å²) in [5, 5.41) is 2.72. The van der Waals surface area contributed by atoms with Crippen molar-refractivity contribution in [3.63, 3.8) is 0 Å². The number of ketones is 1. The summed E-state index contributed by atoms with van der Waals surface area (Å²) in [6.07, 6.45) is 0. The minimum Gasteiger partial charge on any atom is -0.486 e. The molecule has 3 amide bonds. The fourth-order valence-corrected chi connectivity index (χ4v) is 4.68. The molecule has 1 N–H and O–H groups in total. The second-order valence-corrected chi connectivity index (χ2v) is 8.83. The fraction of sp³-hybridized carbons (Fsp3) is 0.269. The van der Waals surface area contributed by atoms with Gasteiger partial charge in [-0.25, -0.2) is 9.18 Å². The number of aromatic nitrogens is 1. The number of nitrogens with zero attached hydrogens (tertiary/aromatic N) is 2. The molecule has 1 fully saturated rings. The molecule has 2 aliphatic heterocycles. The molecule has 3 heterocycles. The van der Waals surface area contributed by atoms with Gasteiger partial charge in [0.25, 0.3) is 5.91 Å². The van der Waals surface area contributed by atoms with E-state index in [1.807, 2.05) is 0 Å².